The lowest BCUT2D eigenvalue weighted by Gasteiger charge is -2.29. The van der Waals surface area contributed by atoms with Crippen LogP contribution in [0, 0.1) is 5.92 Å². The third kappa shape index (κ3) is 5.41. The lowest BCUT2D eigenvalue weighted by Crippen LogP contribution is -2.24. The van der Waals surface area contributed by atoms with E-state index in [9.17, 15) is 13.2 Å². The number of nitrogens with zero attached hydrogens (tertiary/aromatic N) is 1. The monoisotopic (exact) mass is 365 g/mol. The first kappa shape index (κ1) is 20.1. The predicted octanol–water partition coefficient (Wildman–Crippen LogP) is 6.68. The Balaban J connectivity index is 2.39. The number of hydrogen-bond donors (Lipinski definition) is 0. The Bertz CT molecular complexity index is 700. The minimum Gasteiger partial charge on any atom is -0.497 e. The number of rotatable bonds is 8. The van der Waals surface area contributed by atoms with Gasteiger partial charge in [0.2, 0.25) is 0 Å². The highest BCUT2D eigenvalue weighted by molar-refractivity contribution is 5.65. The van der Waals surface area contributed by atoms with Crippen LogP contribution in [-0.2, 0) is 6.18 Å². The van der Waals surface area contributed by atoms with Crippen LogP contribution in [0.15, 0.2) is 48.5 Å². The van der Waals surface area contributed by atoms with E-state index in [4.69, 9.17) is 4.74 Å². The van der Waals surface area contributed by atoms with Crippen LogP contribution < -0.4 is 9.64 Å². The molecule has 0 aromatic heterocycles. The highest BCUT2D eigenvalue weighted by atomic mass is 19.4. The van der Waals surface area contributed by atoms with E-state index in [1.54, 1.807) is 13.2 Å². The number of anilines is 2. The fourth-order valence-electron chi connectivity index (χ4n) is 2.94. The Kier molecular flexibility index (Phi) is 6.95. The highest BCUT2D eigenvalue weighted by Gasteiger charge is 2.31. The van der Waals surface area contributed by atoms with Crippen LogP contribution in [0.1, 0.15) is 38.7 Å². The molecule has 1 unspecified atom stereocenters. The van der Waals surface area contributed by atoms with E-state index >= 15 is 0 Å². The first-order chi connectivity index (χ1) is 12.3. The van der Waals surface area contributed by atoms with Gasteiger partial charge in [0.1, 0.15) is 5.75 Å². The van der Waals surface area contributed by atoms with E-state index in [0.29, 0.717) is 23.9 Å². The minimum atomic E-state index is -4.36. The van der Waals surface area contributed by atoms with Crippen LogP contribution in [-0.4, -0.2) is 13.7 Å². The lowest BCUT2D eigenvalue weighted by atomic mass is 10.0. The van der Waals surface area contributed by atoms with Crippen LogP contribution >= 0.6 is 0 Å². The van der Waals surface area contributed by atoms with Gasteiger partial charge in [-0.3, -0.25) is 0 Å². The minimum absolute atomic E-state index is 0.357. The molecule has 1 atom stereocenters. The predicted molar refractivity (Wildman–Crippen MR) is 100 cm³/mol. The van der Waals surface area contributed by atoms with E-state index in [0.717, 1.165) is 31.0 Å². The molecule has 0 spiro atoms. The molecular formula is C21H26F3NO. The summed E-state index contributed by atoms with van der Waals surface area (Å²) in [5.41, 5.74) is 0.729. The van der Waals surface area contributed by atoms with Crippen molar-refractivity contribution in [3.8, 4) is 5.75 Å². The third-order valence-corrected chi connectivity index (χ3v) is 4.39. The molecule has 0 aliphatic carbocycles. The van der Waals surface area contributed by atoms with Crippen LogP contribution in [0.4, 0.5) is 24.5 Å². The summed E-state index contributed by atoms with van der Waals surface area (Å²) in [5.74, 6) is 1.04. The van der Waals surface area contributed by atoms with Gasteiger partial charge in [-0.25, -0.2) is 0 Å². The van der Waals surface area contributed by atoms with Crippen molar-refractivity contribution in [1.82, 2.24) is 0 Å². The molecule has 5 heteroatoms. The van der Waals surface area contributed by atoms with Gasteiger partial charge in [0, 0.05) is 24.0 Å². The van der Waals surface area contributed by atoms with Gasteiger partial charge in [0.15, 0.2) is 0 Å². The first-order valence-corrected chi connectivity index (χ1v) is 8.94. The zero-order chi connectivity index (χ0) is 19.2. The molecule has 0 bridgehead atoms. The summed E-state index contributed by atoms with van der Waals surface area (Å²) in [6, 6.07) is 12.9. The molecule has 26 heavy (non-hydrogen) atoms. The Hall–Kier alpha value is -2.17. The zero-order valence-electron chi connectivity index (χ0n) is 15.5. The molecular weight excluding hydrogens is 339 g/mol. The molecule has 0 saturated carbocycles. The zero-order valence-corrected chi connectivity index (χ0v) is 15.5. The second kappa shape index (κ2) is 8.97. The van der Waals surface area contributed by atoms with E-state index in [2.05, 4.69) is 13.8 Å². The molecule has 0 aliphatic heterocycles. The fourth-order valence-corrected chi connectivity index (χ4v) is 2.94. The van der Waals surface area contributed by atoms with Crippen LogP contribution in [0.2, 0.25) is 0 Å². The van der Waals surface area contributed by atoms with Crippen molar-refractivity contribution in [1.29, 1.82) is 0 Å². The molecule has 2 nitrogen and oxygen atoms in total. The average molecular weight is 365 g/mol. The van der Waals surface area contributed by atoms with E-state index in [-0.39, 0.29) is 0 Å². The van der Waals surface area contributed by atoms with Crippen LogP contribution in [0.25, 0.3) is 0 Å². The summed E-state index contributed by atoms with van der Waals surface area (Å²) in [4.78, 5) is 1.94. The highest BCUT2D eigenvalue weighted by Crippen LogP contribution is 2.35. The van der Waals surface area contributed by atoms with Crippen LogP contribution in [0.3, 0.4) is 0 Å². The van der Waals surface area contributed by atoms with Gasteiger partial charge in [-0.05, 0) is 42.7 Å². The lowest BCUT2D eigenvalue weighted by molar-refractivity contribution is -0.137. The van der Waals surface area contributed by atoms with Gasteiger partial charge in [0.05, 0.1) is 12.7 Å². The summed E-state index contributed by atoms with van der Waals surface area (Å²) in [7, 11) is 1.58. The fraction of sp³-hybridized carbons (Fsp3) is 0.429. The van der Waals surface area contributed by atoms with Crippen molar-refractivity contribution in [3.63, 3.8) is 0 Å². The number of alkyl halides is 3. The van der Waals surface area contributed by atoms with Crippen molar-refractivity contribution in [2.75, 3.05) is 18.6 Å². The molecule has 0 radical (unpaired) electrons. The maximum Gasteiger partial charge on any atom is 0.416 e. The van der Waals surface area contributed by atoms with Gasteiger partial charge >= 0.3 is 6.18 Å². The molecule has 0 amide bonds. The van der Waals surface area contributed by atoms with Crippen molar-refractivity contribution >= 4 is 11.4 Å². The third-order valence-electron chi connectivity index (χ3n) is 4.39. The Morgan fingerprint density at radius 3 is 2.31 bits per heavy atom. The van der Waals surface area contributed by atoms with E-state index in [1.807, 2.05) is 29.2 Å². The standard InChI is InChI=1S/C21H26F3NO/c1-4-5-8-16(2)15-25(19-11-7-12-20(14-19)26-3)18-10-6-9-17(13-18)21(22,23)24/h6-7,9-14,16H,4-5,8,15H2,1-3H3. The van der Waals surface area contributed by atoms with Gasteiger partial charge in [-0.1, -0.05) is 38.8 Å². The normalized spacial score (nSPS) is 12.7. The van der Waals surface area contributed by atoms with Crippen molar-refractivity contribution in [3.05, 3.63) is 54.1 Å². The summed E-state index contributed by atoms with van der Waals surface area (Å²) in [6.07, 6.45) is -1.11. The SMILES string of the molecule is CCCCC(C)CN(c1cccc(OC)c1)c1cccc(C(F)(F)F)c1. The number of hydrogen-bond acceptors (Lipinski definition) is 2. The summed E-state index contributed by atoms with van der Waals surface area (Å²) >= 11 is 0. The number of methoxy groups -OCH3 is 1. The van der Waals surface area contributed by atoms with Gasteiger partial charge in [-0.15, -0.1) is 0 Å². The first-order valence-electron chi connectivity index (χ1n) is 8.94. The number of ether oxygens (including phenoxy) is 1. The molecule has 0 fully saturated rings. The molecule has 0 heterocycles. The Labute approximate surface area is 153 Å². The van der Waals surface area contributed by atoms with Crippen molar-refractivity contribution in [2.24, 2.45) is 5.92 Å². The second-order valence-corrected chi connectivity index (χ2v) is 6.61. The Morgan fingerprint density at radius 1 is 1.04 bits per heavy atom. The number of unbranched alkanes of at least 4 members (excludes halogenated alkanes) is 1. The van der Waals surface area contributed by atoms with E-state index in [1.165, 1.54) is 12.1 Å². The smallest absolute Gasteiger partial charge is 0.416 e. The average Bonchev–Trinajstić information content (AvgIpc) is 2.64. The van der Waals surface area contributed by atoms with Gasteiger partial charge < -0.3 is 9.64 Å². The maximum atomic E-state index is 13.1. The summed E-state index contributed by atoms with van der Waals surface area (Å²) in [6.45, 7) is 4.92. The molecule has 2 aromatic carbocycles. The number of benzene rings is 2. The molecule has 142 valence electrons. The van der Waals surface area contributed by atoms with Gasteiger partial charge in [-0.2, -0.15) is 13.2 Å². The van der Waals surface area contributed by atoms with Gasteiger partial charge in [0.25, 0.3) is 0 Å². The maximum absolute atomic E-state index is 13.1. The quantitative estimate of drug-likeness (QED) is 0.517. The summed E-state index contributed by atoms with van der Waals surface area (Å²) in [5, 5.41) is 0. The summed E-state index contributed by atoms with van der Waals surface area (Å²) < 4.78 is 44.7. The number of halogens is 3. The second-order valence-electron chi connectivity index (χ2n) is 6.61. The topological polar surface area (TPSA) is 12.5 Å². The van der Waals surface area contributed by atoms with Crippen LogP contribution in [0.5, 0.6) is 5.75 Å². The molecule has 2 aromatic rings. The van der Waals surface area contributed by atoms with Crippen molar-refractivity contribution in [2.45, 2.75) is 39.3 Å². The van der Waals surface area contributed by atoms with E-state index < -0.39 is 11.7 Å². The van der Waals surface area contributed by atoms with Crippen molar-refractivity contribution < 1.29 is 17.9 Å². The molecule has 2 rings (SSSR count). The Morgan fingerprint density at radius 2 is 1.69 bits per heavy atom. The molecule has 0 aliphatic rings. The molecule has 0 N–H and O–H groups in total. The largest absolute Gasteiger partial charge is 0.497 e. The molecule has 0 saturated heterocycles.